The number of benzene rings is 2. The second kappa shape index (κ2) is 12.0. The third-order valence-electron chi connectivity index (χ3n) is 4.85. The fourth-order valence-corrected chi connectivity index (χ4v) is 4.53. The number of allylic oxidation sites excluding steroid dienone is 2. The highest BCUT2D eigenvalue weighted by atomic mass is 32.2. The molecule has 0 unspecified atom stereocenters. The van der Waals surface area contributed by atoms with Crippen LogP contribution in [0.4, 0.5) is 5.69 Å². The van der Waals surface area contributed by atoms with Crippen molar-refractivity contribution < 1.29 is 19.3 Å². The molecule has 3 amide bonds. The van der Waals surface area contributed by atoms with Crippen LogP contribution >= 0.6 is 24.0 Å². The first-order chi connectivity index (χ1) is 16.7. The summed E-state index contributed by atoms with van der Waals surface area (Å²) < 4.78 is 0.424. The smallest absolute Gasteiger partial charge is 0.270 e. The van der Waals surface area contributed by atoms with E-state index in [0.717, 1.165) is 17.2 Å². The highest BCUT2D eigenvalue weighted by Gasteiger charge is 2.31. The monoisotopic (exact) mass is 510 g/mol. The van der Waals surface area contributed by atoms with E-state index in [0.29, 0.717) is 15.6 Å². The molecule has 2 aromatic carbocycles. The molecule has 1 aliphatic heterocycles. The first-order valence-electron chi connectivity index (χ1n) is 10.6. The quantitative estimate of drug-likeness (QED) is 0.238. The number of non-ortho nitro benzene ring substituents is 1. The van der Waals surface area contributed by atoms with Crippen LogP contribution in [-0.4, -0.2) is 38.4 Å². The Bertz CT molecular complexity index is 1230. The summed E-state index contributed by atoms with van der Waals surface area (Å²) in [4.78, 5) is 49.1. The summed E-state index contributed by atoms with van der Waals surface area (Å²) >= 11 is 6.54. The van der Waals surface area contributed by atoms with E-state index in [4.69, 9.17) is 12.2 Å². The lowest BCUT2D eigenvalue weighted by Crippen LogP contribution is -2.41. The summed E-state index contributed by atoms with van der Waals surface area (Å²) in [6, 6.07) is 14.9. The van der Waals surface area contributed by atoms with Gasteiger partial charge in [0.05, 0.1) is 9.83 Å². The Morgan fingerprint density at radius 1 is 1.14 bits per heavy atom. The third kappa shape index (κ3) is 7.33. The van der Waals surface area contributed by atoms with Gasteiger partial charge in [0.1, 0.15) is 4.32 Å². The molecule has 35 heavy (non-hydrogen) atoms. The van der Waals surface area contributed by atoms with Crippen molar-refractivity contribution in [1.29, 1.82) is 0 Å². The van der Waals surface area contributed by atoms with E-state index in [1.807, 2.05) is 43.3 Å². The number of thioether (sulfide) groups is 1. The van der Waals surface area contributed by atoms with E-state index in [1.54, 1.807) is 6.08 Å². The van der Waals surface area contributed by atoms with Crippen LogP contribution in [-0.2, 0) is 9.59 Å². The minimum atomic E-state index is -0.678. The molecule has 2 N–H and O–H groups in total. The van der Waals surface area contributed by atoms with E-state index in [2.05, 4.69) is 10.9 Å². The van der Waals surface area contributed by atoms with Gasteiger partial charge in [0.25, 0.3) is 17.5 Å². The fraction of sp³-hybridized carbons (Fsp3) is 0.167. The van der Waals surface area contributed by atoms with Crippen LogP contribution in [0.1, 0.15) is 35.7 Å². The average Bonchev–Trinajstić information content (AvgIpc) is 3.10. The second-order valence-corrected chi connectivity index (χ2v) is 9.22. The SMILES string of the molecule is CC(=Cc1ccccc1)C=C1SC(=S)N(CCCC(=O)NNC(=O)c2cccc([N+](=O)[O-])c2)C1=O. The Morgan fingerprint density at radius 3 is 2.60 bits per heavy atom. The normalized spacial score (nSPS) is 14.8. The molecule has 0 spiro atoms. The fourth-order valence-electron chi connectivity index (χ4n) is 3.17. The number of carbonyl (C=O) groups is 3. The Hall–Kier alpha value is -3.83. The number of rotatable bonds is 8. The molecule has 180 valence electrons. The summed E-state index contributed by atoms with van der Waals surface area (Å²) in [5.74, 6) is -1.35. The minimum Gasteiger partial charge on any atom is -0.293 e. The number of nitro groups is 1. The molecule has 11 heteroatoms. The summed E-state index contributed by atoms with van der Waals surface area (Å²) in [7, 11) is 0. The number of carbonyl (C=O) groups excluding carboxylic acids is 3. The van der Waals surface area contributed by atoms with Gasteiger partial charge in [0, 0.05) is 30.7 Å². The molecule has 0 aliphatic carbocycles. The number of thiocarbonyl (C=S) groups is 1. The van der Waals surface area contributed by atoms with Crippen molar-refractivity contribution in [1.82, 2.24) is 15.8 Å². The largest absolute Gasteiger partial charge is 0.293 e. The maximum atomic E-state index is 12.7. The number of nitrogens with zero attached hydrogens (tertiary/aromatic N) is 2. The van der Waals surface area contributed by atoms with E-state index in [1.165, 1.54) is 34.9 Å². The number of hydrazine groups is 1. The van der Waals surface area contributed by atoms with Crippen molar-refractivity contribution in [3.63, 3.8) is 0 Å². The van der Waals surface area contributed by atoms with E-state index < -0.39 is 16.7 Å². The van der Waals surface area contributed by atoms with Gasteiger partial charge >= 0.3 is 0 Å². The van der Waals surface area contributed by atoms with Gasteiger partial charge in [-0.1, -0.05) is 66.5 Å². The van der Waals surface area contributed by atoms with Crippen molar-refractivity contribution in [3.05, 3.63) is 92.4 Å². The highest BCUT2D eigenvalue weighted by molar-refractivity contribution is 8.26. The van der Waals surface area contributed by atoms with Crippen molar-refractivity contribution in [3.8, 4) is 0 Å². The lowest BCUT2D eigenvalue weighted by molar-refractivity contribution is -0.384. The molecule has 1 heterocycles. The molecule has 0 aromatic heterocycles. The van der Waals surface area contributed by atoms with Crippen molar-refractivity contribution >= 4 is 57.8 Å². The van der Waals surface area contributed by atoms with Gasteiger partial charge in [-0.05, 0) is 36.6 Å². The lowest BCUT2D eigenvalue weighted by Gasteiger charge is -2.14. The van der Waals surface area contributed by atoms with Crippen LogP contribution in [0.2, 0.25) is 0 Å². The molecule has 0 saturated carbocycles. The van der Waals surface area contributed by atoms with Gasteiger partial charge in [-0.25, -0.2) is 0 Å². The molecule has 3 rings (SSSR count). The summed E-state index contributed by atoms with van der Waals surface area (Å²) in [6.07, 6.45) is 4.14. The Kier molecular flexibility index (Phi) is 8.87. The predicted molar refractivity (Wildman–Crippen MR) is 138 cm³/mol. The van der Waals surface area contributed by atoms with Crippen molar-refractivity contribution in [2.75, 3.05) is 6.54 Å². The standard InChI is InChI=1S/C24H22N4O5S2/c1-16(13-17-7-3-2-4-8-17)14-20-23(31)27(24(34)35-20)12-6-11-21(29)25-26-22(30)18-9-5-10-19(15-18)28(32)33/h2-5,7-10,13-15H,6,11-12H2,1H3,(H,25,29)(H,26,30). The number of hydrogen-bond donors (Lipinski definition) is 2. The zero-order valence-electron chi connectivity index (χ0n) is 18.7. The molecule has 0 radical (unpaired) electrons. The van der Waals surface area contributed by atoms with Crippen molar-refractivity contribution in [2.24, 2.45) is 0 Å². The maximum absolute atomic E-state index is 12.7. The van der Waals surface area contributed by atoms with Crippen LogP contribution in [0.3, 0.4) is 0 Å². The molecular formula is C24H22N4O5S2. The van der Waals surface area contributed by atoms with Gasteiger partial charge in [0.15, 0.2) is 0 Å². The third-order valence-corrected chi connectivity index (χ3v) is 6.22. The van der Waals surface area contributed by atoms with Gasteiger partial charge in [-0.15, -0.1) is 0 Å². The predicted octanol–water partition coefficient (Wildman–Crippen LogP) is 3.98. The molecule has 0 atom stereocenters. The number of amides is 3. The van der Waals surface area contributed by atoms with E-state index in [-0.39, 0.29) is 30.1 Å². The van der Waals surface area contributed by atoms with Gasteiger partial charge in [-0.3, -0.25) is 40.2 Å². The molecule has 0 bridgehead atoms. The first-order valence-corrected chi connectivity index (χ1v) is 11.8. The molecular weight excluding hydrogens is 488 g/mol. The zero-order chi connectivity index (χ0) is 25.4. The lowest BCUT2D eigenvalue weighted by atomic mass is 10.1. The number of hydrogen-bond acceptors (Lipinski definition) is 7. The van der Waals surface area contributed by atoms with Gasteiger partial charge < -0.3 is 0 Å². The van der Waals surface area contributed by atoms with Crippen molar-refractivity contribution in [2.45, 2.75) is 19.8 Å². The van der Waals surface area contributed by atoms with Crippen LogP contribution in [0.15, 0.2) is 71.2 Å². The van der Waals surface area contributed by atoms with Crippen LogP contribution in [0.25, 0.3) is 6.08 Å². The van der Waals surface area contributed by atoms with Gasteiger partial charge in [0.2, 0.25) is 5.91 Å². The molecule has 9 nitrogen and oxygen atoms in total. The number of nitro benzene ring substituents is 1. The van der Waals surface area contributed by atoms with Crippen LogP contribution < -0.4 is 10.9 Å². The number of nitrogens with one attached hydrogen (secondary N) is 2. The summed E-state index contributed by atoms with van der Waals surface area (Å²) in [6.45, 7) is 2.17. The second-order valence-electron chi connectivity index (χ2n) is 7.55. The summed E-state index contributed by atoms with van der Waals surface area (Å²) in [5, 5.41) is 10.8. The molecule has 1 fully saturated rings. The molecule has 1 saturated heterocycles. The highest BCUT2D eigenvalue weighted by Crippen LogP contribution is 2.32. The average molecular weight is 511 g/mol. The molecule has 2 aromatic rings. The first kappa shape index (κ1) is 25.8. The molecule has 1 aliphatic rings. The van der Waals surface area contributed by atoms with Gasteiger partial charge in [-0.2, -0.15) is 0 Å². The van der Waals surface area contributed by atoms with Crippen LogP contribution in [0, 0.1) is 10.1 Å². The Labute approximate surface area is 211 Å². The van der Waals surface area contributed by atoms with E-state index in [9.17, 15) is 24.5 Å². The maximum Gasteiger partial charge on any atom is 0.270 e. The van der Waals surface area contributed by atoms with Crippen LogP contribution in [0.5, 0.6) is 0 Å². The summed E-state index contributed by atoms with van der Waals surface area (Å²) in [5.41, 5.74) is 6.24. The Balaban J connectivity index is 1.47. The Morgan fingerprint density at radius 2 is 1.89 bits per heavy atom. The zero-order valence-corrected chi connectivity index (χ0v) is 20.4. The minimum absolute atomic E-state index is 0.0399. The topological polar surface area (TPSA) is 122 Å². The van der Waals surface area contributed by atoms with E-state index >= 15 is 0 Å².